The van der Waals surface area contributed by atoms with Crippen molar-refractivity contribution in [2.24, 2.45) is 0 Å². The lowest BCUT2D eigenvalue weighted by molar-refractivity contribution is -0.140. The Morgan fingerprint density at radius 3 is 2.43 bits per heavy atom. The Hall–Kier alpha value is -4.20. The van der Waals surface area contributed by atoms with Crippen molar-refractivity contribution in [2.75, 3.05) is 12.4 Å². The first-order chi connectivity index (χ1) is 17.0. The lowest BCUT2D eigenvalue weighted by Gasteiger charge is -2.30. The number of rotatable bonds is 9. The molecule has 180 valence electrons. The molecule has 8 nitrogen and oxygen atoms in total. The summed E-state index contributed by atoms with van der Waals surface area (Å²) in [6.07, 6.45) is 0.456. The average Bonchev–Trinajstić information content (AvgIpc) is 3.28. The number of hydrogen-bond donors (Lipinski definition) is 1. The van der Waals surface area contributed by atoms with Crippen LogP contribution in [0.5, 0.6) is 5.75 Å². The van der Waals surface area contributed by atoms with E-state index in [-0.39, 0.29) is 18.4 Å². The molecule has 1 N–H and O–H groups in total. The molecule has 1 heterocycles. The number of amides is 2. The van der Waals surface area contributed by atoms with Crippen molar-refractivity contribution in [3.8, 4) is 5.75 Å². The zero-order chi connectivity index (χ0) is 24.8. The van der Waals surface area contributed by atoms with E-state index in [9.17, 15) is 9.59 Å². The van der Waals surface area contributed by atoms with Gasteiger partial charge in [-0.25, -0.2) is 4.68 Å². The van der Waals surface area contributed by atoms with E-state index in [4.69, 9.17) is 4.74 Å². The van der Waals surface area contributed by atoms with E-state index in [2.05, 4.69) is 15.6 Å². The smallest absolute Gasteiger partial charge is 0.247 e. The second-order valence-corrected chi connectivity index (χ2v) is 8.38. The molecule has 0 saturated carbocycles. The molecular formula is C27H29N5O3. The van der Waals surface area contributed by atoms with Crippen molar-refractivity contribution < 1.29 is 14.3 Å². The summed E-state index contributed by atoms with van der Waals surface area (Å²) in [5, 5.41) is 11.2. The minimum atomic E-state index is -0.666. The van der Waals surface area contributed by atoms with Gasteiger partial charge in [-0.2, -0.15) is 0 Å². The number of nitrogens with one attached hydrogen (secondary N) is 1. The van der Waals surface area contributed by atoms with Crippen LogP contribution in [0.1, 0.15) is 24.5 Å². The first-order valence-corrected chi connectivity index (χ1v) is 11.6. The Labute approximate surface area is 204 Å². The number of carbonyl (C=O) groups excluding carboxylic acids is 2. The van der Waals surface area contributed by atoms with Crippen LogP contribution in [-0.4, -0.2) is 44.9 Å². The highest BCUT2D eigenvalue weighted by molar-refractivity contribution is 5.97. The second-order valence-electron chi connectivity index (χ2n) is 8.38. The van der Waals surface area contributed by atoms with E-state index in [1.165, 1.54) is 0 Å². The van der Waals surface area contributed by atoms with Crippen LogP contribution in [0.15, 0.2) is 72.8 Å². The fourth-order valence-electron chi connectivity index (χ4n) is 3.96. The number of hydrogen-bond acceptors (Lipinski definition) is 5. The third-order valence-electron chi connectivity index (χ3n) is 5.92. The summed E-state index contributed by atoms with van der Waals surface area (Å²) in [7, 11) is 1.59. The average molecular weight is 472 g/mol. The number of nitrogens with zero attached hydrogens (tertiary/aromatic N) is 4. The highest BCUT2D eigenvalue weighted by atomic mass is 16.5. The minimum Gasteiger partial charge on any atom is -0.497 e. The van der Waals surface area contributed by atoms with Crippen LogP contribution in [0.25, 0.3) is 11.0 Å². The van der Waals surface area contributed by atoms with E-state index < -0.39 is 6.04 Å². The number of benzene rings is 3. The molecule has 1 unspecified atom stereocenters. The Balaban J connectivity index is 1.59. The molecule has 0 radical (unpaired) electrons. The molecule has 4 aromatic rings. The number of aromatic nitrogens is 3. The van der Waals surface area contributed by atoms with Gasteiger partial charge in [0.15, 0.2) is 0 Å². The zero-order valence-corrected chi connectivity index (χ0v) is 20.1. The molecule has 0 spiro atoms. The standard InChI is InChI=1S/C27H29N5O3/c1-4-24(27(34)28-21-13-15-22(35-3)16-14-21)31(17-20-11-9-19(2)10-12-20)26(33)18-32-25-8-6-5-7-23(25)29-30-32/h5-16,24H,4,17-18H2,1-3H3,(H,28,34). The molecule has 0 aliphatic carbocycles. The van der Waals surface area contributed by atoms with Crippen molar-refractivity contribution in [3.63, 3.8) is 0 Å². The number of anilines is 1. The molecule has 35 heavy (non-hydrogen) atoms. The fraction of sp³-hybridized carbons (Fsp3) is 0.259. The maximum Gasteiger partial charge on any atom is 0.247 e. The first kappa shape index (κ1) is 23.9. The Kier molecular flexibility index (Phi) is 7.40. The van der Waals surface area contributed by atoms with Gasteiger partial charge in [0.05, 0.1) is 12.6 Å². The van der Waals surface area contributed by atoms with Crippen LogP contribution in [0.4, 0.5) is 5.69 Å². The van der Waals surface area contributed by atoms with Gasteiger partial charge in [-0.1, -0.05) is 54.1 Å². The summed E-state index contributed by atoms with van der Waals surface area (Å²) < 4.78 is 6.77. The van der Waals surface area contributed by atoms with E-state index in [1.807, 2.05) is 62.4 Å². The van der Waals surface area contributed by atoms with Gasteiger partial charge in [-0.05, 0) is 55.3 Å². The molecular weight excluding hydrogens is 442 g/mol. The molecule has 1 aromatic heterocycles. The van der Waals surface area contributed by atoms with Crippen LogP contribution in [0.3, 0.4) is 0 Å². The van der Waals surface area contributed by atoms with Crippen LogP contribution in [-0.2, 0) is 22.7 Å². The number of carbonyl (C=O) groups is 2. The van der Waals surface area contributed by atoms with Gasteiger partial charge in [0.25, 0.3) is 0 Å². The van der Waals surface area contributed by atoms with Gasteiger partial charge in [0, 0.05) is 12.2 Å². The Bertz CT molecular complexity index is 1300. The first-order valence-electron chi connectivity index (χ1n) is 11.6. The van der Waals surface area contributed by atoms with Crippen molar-refractivity contribution in [2.45, 2.75) is 39.4 Å². The number of aryl methyl sites for hydroxylation is 1. The van der Waals surface area contributed by atoms with Gasteiger partial charge in [-0.3, -0.25) is 9.59 Å². The van der Waals surface area contributed by atoms with Gasteiger partial charge in [0.2, 0.25) is 11.8 Å². The molecule has 0 aliphatic rings. The lowest BCUT2D eigenvalue weighted by Crippen LogP contribution is -2.47. The summed E-state index contributed by atoms with van der Waals surface area (Å²) >= 11 is 0. The number of para-hydroxylation sites is 1. The molecule has 0 bridgehead atoms. The molecule has 0 saturated heterocycles. The topological polar surface area (TPSA) is 89.4 Å². The summed E-state index contributed by atoms with van der Waals surface area (Å²) in [4.78, 5) is 28.6. The quantitative estimate of drug-likeness (QED) is 0.395. The fourth-order valence-corrected chi connectivity index (χ4v) is 3.96. The molecule has 3 aromatic carbocycles. The van der Waals surface area contributed by atoms with Crippen LogP contribution in [0, 0.1) is 6.92 Å². The van der Waals surface area contributed by atoms with Crippen LogP contribution < -0.4 is 10.1 Å². The summed E-state index contributed by atoms with van der Waals surface area (Å²) in [6, 6.07) is 21.9. The molecule has 2 amide bonds. The minimum absolute atomic E-state index is 0.0152. The lowest BCUT2D eigenvalue weighted by atomic mass is 10.1. The van der Waals surface area contributed by atoms with Crippen molar-refractivity contribution in [1.82, 2.24) is 19.9 Å². The summed E-state index contributed by atoms with van der Waals surface area (Å²) in [5.41, 5.74) is 4.20. The third-order valence-corrected chi connectivity index (χ3v) is 5.92. The highest BCUT2D eigenvalue weighted by Crippen LogP contribution is 2.19. The maximum absolute atomic E-state index is 13.6. The highest BCUT2D eigenvalue weighted by Gasteiger charge is 2.29. The van der Waals surface area contributed by atoms with Crippen LogP contribution in [0.2, 0.25) is 0 Å². The van der Waals surface area contributed by atoms with E-state index >= 15 is 0 Å². The molecule has 4 rings (SSSR count). The zero-order valence-electron chi connectivity index (χ0n) is 20.1. The molecule has 8 heteroatoms. The molecule has 1 atom stereocenters. The largest absolute Gasteiger partial charge is 0.497 e. The molecule has 0 fully saturated rings. The maximum atomic E-state index is 13.6. The van der Waals surface area contributed by atoms with Crippen molar-refractivity contribution >= 4 is 28.5 Å². The monoisotopic (exact) mass is 471 g/mol. The van der Waals surface area contributed by atoms with Crippen LogP contribution >= 0.6 is 0 Å². The van der Waals surface area contributed by atoms with E-state index in [0.717, 1.165) is 22.2 Å². The number of methoxy groups -OCH3 is 1. The third kappa shape index (κ3) is 5.66. The number of ether oxygens (including phenoxy) is 1. The van der Waals surface area contributed by atoms with E-state index in [0.29, 0.717) is 24.4 Å². The molecule has 0 aliphatic heterocycles. The van der Waals surface area contributed by atoms with Gasteiger partial charge >= 0.3 is 0 Å². The van der Waals surface area contributed by atoms with Crippen molar-refractivity contribution in [3.05, 3.63) is 83.9 Å². The SMILES string of the molecule is CCC(C(=O)Nc1ccc(OC)cc1)N(Cc1ccc(C)cc1)C(=O)Cn1nnc2ccccc21. The normalized spacial score (nSPS) is 11.7. The van der Waals surface area contributed by atoms with Gasteiger partial charge < -0.3 is 15.0 Å². The predicted octanol–water partition coefficient (Wildman–Crippen LogP) is 4.19. The van der Waals surface area contributed by atoms with E-state index in [1.54, 1.807) is 41.0 Å². The van der Waals surface area contributed by atoms with Gasteiger partial charge in [-0.15, -0.1) is 5.10 Å². The van der Waals surface area contributed by atoms with Gasteiger partial charge in [0.1, 0.15) is 23.9 Å². The number of fused-ring (bicyclic) bond motifs is 1. The summed E-state index contributed by atoms with van der Waals surface area (Å²) in [5.74, 6) is 0.241. The Morgan fingerprint density at radius 1 is 1.03 bits per heavy atom. The van der Waals surface area contributed by atoms with Crippen molar-refractivity contribution in [1.29, 1.82) is 0 Å². The Morgan fingerprint density at radius 2 is 1.74 bits per heavy atom. The summed E-state index contributed by atoms with van der Waals surface area (Å²) in [6.45, 7) is 4.21. The predicted molar refractivity (Wildman–Crippen MR) is 135 cm³/mol. The second kappa shape index (κ2) is 10.8.